The molecule has 8 nitrogen and oxygen atoms in total. The topological polar surface area (TPSA) is 109 Å². The van der Waals surface area contributed by atoms with Gasteiger partial charge in [0.2, 0.25) is 5.95 Å². The molecule has 0 aliphatic carbocycles. The highest BCUT2D eigenvalue weighted by atomic mass is 16.1. The first-order valence-electron chi connectivity index (χ1n) is 7.91. The van der Waals surface area contributed by atoms with Crippen molar-refractivity contribution in [3.63, 3.8) is 0 Å². The smallest absolute Gasteiger partial charge is 0.252 e. The van der Waals surface area contributed by atoms with E-state index in [1.54, 1.807) is 29.2 Å². The van der Waals surface area contributed by atoms with E-state index in [0.717, 1.165) is 22.5 Å². The molecule has 2 aromatic heterocycles. The number of hydrogen-bond donors (Lipinski definition) is 2. The minimum atomic E-state index is -0.266. The molecule has 3 aromatic rings. The number of nitrogens with zero attached hydrogens (tertiary/aromatic N) is 5. The van der Waals surface area contributed by atoms with Gasteiger partial charge in [-0.05, 0) is 30.7 Å². The van der Waals surface area contributed by atoms with Crippen molar-refractivity contribution in [3.05, 3.63) is 54.0 Å². The molecule has 8 heteroatoms. The van der Waals surface area contributed by atoms with Crippen molar-refractivity contribution in [2.24, 2.45) is 7.05 Å². The lowest BCUT2D eigenvalue weighted by Crippen LogP contribution is -2.24. The van der Waals surface area contributed by atoms with E-state index in [0.29, 0.717) is 11.5 Å². The van der Waals surface area contributed by atoms with Crippen molar-refractivity contribution in [2.45, 2.75) is 6.92 Å². The van der Waals surface area contributed by atoms with Crippen LogP contribution in [0.15, 0.2) is 42.9 Å². The molecule has 130 valence electrons. The Balaban J connectivity index is 1.83. The molecule has 0 bridgehead atoms. The third kappa shape index (κ3) is 3.84. The standard InChI is InChI=1S/C18H17N7O/c1-12-9-13(3-4-15(12)17(26)20-8-6-19)16-5-7-21-18(24-16)23-14-10-22-25(2)11-14/h3-5,7,9-11H,8H2,1-2H3,(H,20,26)(H,21,23,24). The van der Waals surface area contributed by atoms with Gasteiger partial charge in [0.05, 0.1) is 23.6 Å². The van der Waals surface area contributed by atoms with Gasteiger partial charge in [0.1, 0.15) is 6.54 Å². The van der Waals surface area contributed by atoms with Crippen LogP contribution in [0, 0.1) is 18.3 Å². The highest BCUT2D eigenvalue weighted by molar-refractivity contribution is 5.96. The minimum absolute atomic E-state index is 0.0185. The third-order valence-corrected chi connectivity index (χ3v) is 3.71. The molecule has 1 amide bonds. The molecule has 0 unspecified atom stereocenters. The van der Waals surface area contributed by atoms with Gasteiger partial charge in [-0.3, -0.25) is 9.48 Å². The van der Waals surface area contributed by atoms with Gasteiger partial charge < -0.3 is 10.6 Å². The van der Waals surface area contributed by atoms with Crippen LogP contribution in [0.4, 0.5) is 11.6 Å². The van der Waals surface area contributed by atoms with Crippen molar-refractivity contribution >= 4 is 17.5 Å². The zero-order valence-electron chi connectivity index (χ0n) is 14.4. The number of benzene rings is 1. The van der Waals surface area contributed by atoms with Gasteiger partial charge in [-0.25, -0.2) is 9.97 Å². The number of nitrogens with one attached hydrogen (secondary N) is 2. The van der Waals surface area contributed by atoms with Crippen LogP contribution in [0.25, 0.3) is 11.3 Å². The van der Waals surface area contributed by atoms with E-state index < -0.39 is 0 Å². The predicted molar refractivity (Wildman–Crippen MR) is 96.6 cm³/mol. The van der Waals surface area contributed by atoms with Crippen LogP contribution < -0.4 is 10.6 Å². The molecular formula is C18H17N7O. The van der Waals surface area contributed by atoms with Gasteiger partial charge in [0.15, 0.2) is 0 Å². The van der Waals surface area contributed by atoms with E-state index >= 15 is 0 Å². The SMILES string of the molecule is Cc1cc(-c2ccnc(Nc3cnn(C)c3)n2)ccc1C(=O)NCC#N. The molecule has 2 N–H and O–H groups in total. The van der Waals surface area contributed by atoms with Gasteiger partial charge in [0.25, 0.3) is 5.91 Å². The first-order chi connectivity index (χ1) is 12.6. The maximum absolute atomic E-state index is 12.0. The molecule has 0 saturated heterocycles. The number of nitriles is 1. The van der Waals surface area contributed by atoms with E-state index in [9.17, 15) is 4.79 Å². The van der Waals surface area contributed by atoms with Gasteiger partial charge in [-0.1, -0.05) is 6.07 Å². The molecule has 0 aliphatic heterocycles. The molecule has 0 spiro atoms. The lowest BCUT2D eigenvalue weighted by atomic mass is 10.0. The second-order valence-electron chi connectivity index (χ2n) is 5.66. The normalized spacial score (nSPS) is 10.2. The zero-order valence-corrected chi connectivity index (χ0v) is 14.4. The number of rotatable bonds is 5. The molecule has 26 heavy (non-hydrogen) atoms. The number of anilines is 2. The number of carbonyl (C=O) groups excluding carboxylic acids is 1. The summed E-state index contributed by atoms with van der Waals surface area (Å²) in [5.74, 6) is 0.196. The summed E-state index contributed by atoms with van der Waals surface area (Å²) in [4.78, 5) is 20.8. The number of aromatic nitrogens is 4. The van der Waals surface area contributed by atoms with Crippen molar-refractivity contribution in [1.29, 1.82) is 5.26 Å². The lowest BCUT2D eigenvalue weighted by Gasteiger charge is -2.09. The van der Waals surface area contributed by atoms with Crippen molar-refractivity contribution in [1.82, 2.24) is 25.1 Å². The largest absolute Gasteiger partial charge is 0.339 e. The monoisotopic (exact) mass is 347 g/mol. The van der Waals surface area contributed by atoms with E-state index in [1.807, 2.05) is 38.4 Å². The molecule has 0 radical (unpaired) electrons. The number of hydrogen-bond acceptors (Lipinski definition) is 6. The van der Waals surface area contributed by atoms with Gasteiger partial charge in [-0.2, -0.15) is 10.4 Å². The van der Waals surface area contributed by atoms with Crippen molar-refractivity contribution < 1.29 is 4.79 Å². The van der Waals surface area contributed by atoms with Crippen LogP contribution >= 0.6 is 0 Å². The molecule has 0 atom stereocenters. The molecule has 2 heterocycles. The first kappa shape index (κ1) is 17.1. The second-order valence-corrected chi connectivity index (χ2v) is 5.66. The van der Waals surface area contributed by atoms with Gasteiger partial charge in [0, 0.05) is 30.6 Å². The second kappa shape index (κ2) is 7.44. The quantitative estimate of drug-likeness (QED) is 0.685. The lowest BCUT2D eigenvalue weighted by molar-refractivity contribution is 0.0958. The Morgan fingerprint density at radius 3 is 2.88 bits per heavy atom. The van der Waals surface area contributed by atoms with E-state index in [2.05, 4.69) is 25.7 Å². The van der Waals surface area contributed by atoms with Crippen molar-refractivity contribution in [2.75, 3.05) is 11.9 Å². The van der Waals surface area contributed by atoms with Crippen LogP contribution in [-0.2, 0) is 7.05 Å². The third-order valence-electron chi connectivity index (χ3n) is 3.71. The van der Waals surface area contributed by atoms with Crippen molar-refractivity contribution in [3.8, 4) is 17.3 Å². The maximum atomic E-state index is 12.0. The fourth-order valence-corrected chi connectivity index (χ4v) is 2.49. The number of carbonyl (C=O) groups is 1. The predicted octanol–water partition coefficient (Wildman–Crippen LogP) is 2.18. The van der Waals surface area contributed by atoms with Gasteiger partial charge in [-0.15, -0.1) is 0 Å². The van der Waals surface area contributed by atoms with Crippen LogP contribution in [0.1, 0.15) is 15.9 Å². The fraction of sp³-hybridized carbons (Fsp3) is 0.167. The van der Waals surface area contributed by atoms with E-state index in [-0.39, 0.29) is 12.5 Å². The number of amides is 1. The Kier molecular flexibility index (Phi) is 4.90. The van der Waals surface area contributed by atoms with E-state index in [1.165, 1.54) is 0 Å². The zero-order chi connectivity index (χ0) is 18.5. The van der Waals surface area contributed by atoms with Crippen LogP contribution in [0.3, 0.4) is 0 Å². The van der Waals surface area contributed by atoms with Crippen LogP contribution in [-0.4, -0.2) is 32.2 Å². The average Bonchev–Trinajstić information content (AvgIpc) is 3.04. The Labute approximate surface area is 150 Å². The summed E-state index contributed by atoms with van der Waals surface area (Å²) in [6.45, 7) is 1.83. The Morgan fingerprint density at radius 2 is 2.19 bits per heavy atom. The van der Waals surface area contributed by atoms with Gasteiger partial charge >= 0.3 is 0 Å². The van der Waals surface area contributed by atoms with E-state index in [4.69, 9.17) is 5.26 Å². The van der Waals surface area contributed by atoms with Crippen LogP contribution in [0.5, 0.6) is 0 Å². The molecule has 0 aliphatic rings. The fourth-order valence-electron chi connectivity index (χ4n) is 2.49. The summed E-state index contributed by atoms with van der Waals surface area (Å²) in [5, 5.41) is 18.3. The molecule has 0 saturated carbocycles. The first-order valence-corrected chi connectivity index (χ1v) is 7.91. The average molecular weight is 347 g/mol. The highest BCUT2D eigenvalue weighted by Crippen LogP contribution is 2.22. The summed E-state index contributed by atoms with van der Waals surface area (Å²) in [7, 11) is 1.83. The molecule has 1 aromatic carbocycles. The summed E-state index contributed by atoms with van der Waals surface area (Å²) in [5.41, 5.74) is 3.74. The Bertz CT molecular complexity index is 987. The minimum Gasteiger partial charge on any atom is -0.339 e. The summed E-state index contributed by atoms with van der Waals surface area (Å²) < 4.78 is 1.69. The Hall–Kier alpha value is -3.73. The summed E-state index contributed by atoms with van der Waals surface area (Å²) in [6, 6.07) is 9.14. The summed E-state index contributed by atoms with van der Waals surface area (Å²) >= 11 is 0. The Morgan fingerprint density at radius 1 is 1.35 bits per heavy atom. The number of aryl methyl sites for hydroxylation is 2. The van der Waals surface area contributed by atoms with Crippen LogP contribution in [0.2, 0.25) is 0 Å². The highest BCUT2D eigenvalue weighted by Gasteiger charge is 2.11. The summed E-state index contributed by atoms with van der Waals surface area (Å²) in [6.07, 6.45) is 5.19. The maximum Gasteiger partial charge on any atom is 0.252 e. The molecule has 3 rings (SSSR count). The molecule has 0 fully saturated rings. The molecular weight excluding hydrogens is 330 g/mol.